The van der Waals surface area contributed by atoms with Gasteiger partial charge < -0.3 is 15.0 Å². The Morgan fingerprint density at radius 3 is 2.62 bits per heavy atom. The van der Waals surface area contributed by atoms with Gasteiger partial charge in [-0.1, -0.05) is 13.8 Å². The van der Waals surface area contributed by atoms with E-state index < -0.39 is 0 Å². The predicted molar refractivity (Wildman–Crippen MR) is 76.5 cm³/mol. The van der Waals surface area contributed by atoms with Crippen LogP contribution in [0.4, 0.5) is 0 Å². The third-order valence-electron chi connectivity index (χ3n) is 3.82. The van der Waals surface area contributed by atoms with Gasteiger partial charge in [-0.2, -0.15) is 0 Å². The van der Waals surface area contributed by atoms with Crippen LogP contribution in [0.3, 0.4) is 0 Å². The summed E-state index contributed by atoms with van der Waals surface area (Å²) in [6.45, 7) is 6.44. The van der Waals surface area contributed by atoms with Crippen LogP contribution in [-0.4, -0.2) is 50.3 Å². The number of halogens is 1. The van der Waals surface area contributed by atoms with E-state index in [2.05, 4.69) is 36.1 Å². The van der Waals surface area contributed by atoms with Crippen LogP contribution in [0.1, 0.15) is 20.3 Å². The van der Waals surface area contributed by atoms with Gasteiger partial charge in [0.15, 0.2) is 5.96 Å². The topological polar surface area (TPSA) is 36.9 Å². The molecular weight excluding hydrogens is 317 g/mol. The molecule has 1 heterocycles. The molecule has 0 aromatic carbocycles. The van der Waals surface area contributed by atoms with Gasteiger partial charge >= 0.3 is 0 Å². The van der Waals surface area contributed by atoms with Gasteiger partial charge in [-0.25, -0.2) is 0 Å². The molecule has 4 nitrogen and oxygen atoms in total. The van der Waals surface area contributed by atoms with Crippen LogP contribution in [0.5, 0.6) is 0 Å². The predicted octanol–water partition coefficient (Wildman–Crippen LogP) is 1.31. The zero-order valence-electron chi connectivity index (χ0n) is 10.5. The molecule has 16 heavy (non-hydrogen) atoms. The van der Waals surface area contributed by atoms with Crippen molar-refractivity contribution in [2.75, 3.05) is 27.2 Å². The van der Waals surface area contributed by atoms with E-state index in [1.807, 2.05) is 0 Å². The summed E-state index contributed by atoms with van der Waals surface area (Å²) < 4.78 is 5.43. The van der Waals surface area contributed by atoms with Crippen molar-refractivity contribution in [3.63, 3.8) is 0 Å². The van der Waals surface area contributed by atoms with Crippen molar-refractivity contribution < 1.29 is 4.74 Å². The molecule has 0 radical (unpaired) electrons. The molecule has 0 saturated heterocycles. The number of nitrogens with one attached hydrogen (secondary N) is 1. The lowest BCUT2D eigenvalue weighted by atomic mass is 9.64. The number of hydrogen-bond acceptors (Lipinski definition) is 4. The molecule has 2 aliphatic rings. The number of guanidine groups is 1. The molecule has 1 saturated carbocycles. The lowest BCUT2D eigenvalue weighted by Gasteiger charge is -2.51. The van der Waals surface area contributed by atoms with Gasteiger partial charge in [0.1, 0.15) is 0 Å². The van der Waals surface area contributed by atoms with Crippen molar-refractivity contribution in [1.29, 1.82) is 0 Å². The molecule has 1 N–H and O–H groups in total. The molecule has 0 aromatic heterocycles. The Hall–Kier alpha value is -0.0400. The fourth-order valence-electron chi connectivity index (χ4n) is 2.37. The Balaban J connectivity index is 0.00000128. The van der Waals surface area contributed by atoms with Crippen molar-refractivity contribution in [2.24, 2.45) is 10.4 Å². The quantitative estimate of drug-likeness (QED) is 0.771. The smallest absolute Gasteiger partial charge is 0.194 e. The SMILES string of the molecule is COC1CC(NC2=NCCN2C)C1(C)C.I. The zero-order chi connectivity index (χ0) is 11.1. The first kappa shape index (κ1) is 14.0. The highest BCUT2D eigenvalue weighted by Crippen LogP contribution is 2.42. The second kappa shape index (κ2) is 5.08. The fraction of sp³-hybridized carbons (Fsp3) is 0.909. The highest BCUT2D eigenvalue weighted by molar-refractivity contribution is 14.0. The molecule has 94 valence electrons. The zero-order valence-corrected chi connectivity index (χ0v) is 12.8. The van der Waals surface area contributed by atoms with Gasteiger partial charge in [-0.15, -0.1) is 24.0 Å². The maximum atomic E-state index is 5.43. The summed E-state index contributed by atoms with van der Waals surface area (Å²) in [5, 5.41) is 3.52. The second-order valence-corrected chi connectivity index (χ2v) is 5.11. The first-order chi connectivity index (χ1) is 7.05. The van der Waals surface area contributed by atoms with Crippen molar-refractivity contribution in [3.8, 4) is 0 Å². The normalized spacial score (nSPS) is 31.5. The average Bonchev–Trinajstić information content (AvgIpc) is 2.58. The van der Waals surface area contributed by atoms with Crippen molar-refractivity contribution >= 4 is 29.9 Å². The summed E-state index contributed by atoms with van der Waals surface area (Å²) in [4.78, 5) is 6.62. The molecule has 2 unspecified atom stereocenters. The second-order valence-electron chi connectivity index (χ2n) is 5.11. The van der Waals surface area contributed by atoms with E-state index in [4.69, 9.17) is 4.74 Å². The lowest BCUT2D eigenvalue weighted by Crippen LogP contribution is -2.63. The summed E-state index contributed by atoms with van der Waals surface area (Å²) in [7, 11) is 3.88. The van der Waals surface area contributed by atoms with Crippen LogP contribution in [0.25, 0.3) is 0 Å². The van der Waals surface area contributed by atoms with Gasteiger partial charge in [-0.05, 0) is 6.42 Å². The number of ether oxygens (including phenoxy) is 1. The number of hydrogen-bond donors (Lipinski definition) is 1. The summed E-state index contributed by atoms with van der Waals surface area (Å²) in [5.74, 6) is 1.04. The molecule has 0 aromatic rings. The summed E-state index contributed by atoms with van der Waals surface area (Å²) in [6.07, 6.45) is 1.46. The Morgan fingerprint density at radius 1 is 1.50 bits per heavy atom. The van der Waals surface area contributed by atoms with Crippen LogP contribution in [-0.2, 0) is 4.74 Å². The Morgan fingerprint density at radius 2 is 2.19 bits per heavy atom. The molecule has 2 rings (SSSR count). The van der Waals surface area contributed by atoms with Gasteiger partial charge in [0.05, 0.1) is 12.6 Å². The van der Waals surface area contributed by atoms with Gasteiger partial charge in [0, 0.05) is 32.2 Å². The van der Waals surface area contributed by atoms with Crippen LogP contribution in [0.2, 0.25) is 0 Å². The number of likely N-dealkylation sites (N-methyl/N-ethyl adjacent to an activating group) is 1. The maximum Gasteiger partial charge on any atom is 0.194 e. The minimum atomic E-state index is 0. The standard InChI is InChI=1S/C11H21N3O.HI/c1-11(2)8(7-9(11)15-4)13-10-12-5-6-14(10)3;/h8-9H,5-7H2,1-4H3,(H,12,13);1H. The summed E-state index contributed by atoms with van der Waals surface area (Å²) in [5.41, 5.74) is 0.209. The molecular formula is C11H22IN3O. The minimum Gasteiger partial charge on any atom is -0.381 e. The van der Waals surface area contributed by atoms with E-state index in [1.165, 1.54) is 0 Å². The molecule has 5 heteroatoms. The van der Waals surface area contributed by atoms with Gasteiger partial charge in [-0.3, -0.25) is 4.99 Å². The van der Waals surface area contributed by atoms with Crippen LogP contribution in [0, 0.1) is 5.41 Å². The summed E-state index contributed by atoms with van der Waals surface area (Å²) in [6, 6.07) is 0.488. The van der Waals surface area contributed by atoms with E-state index in [9.17, 15) is 0 Å². The fourth-order valence-corrected chi connectivity index (χ4v) is 2.37. The highest BCUT2D eigenvalue weighted by Gasteiger charge is 2.49. The van der Waals surface area contributed by atoms with Crippen LogP contribution < -0.4 is 5.32 Å². The number of rotatable bonds is 2. The molecule has 0 amide bonds. The molecule has 1 fully saturated rings. The van der Waals surface area contributed by atoms with E-state index in [0.29, 0.717) is 12.1 Å². The number of nitrogens with zero attached hydrogens (tertiary/aromatic N) is 2. The average molecular weight is 339 g/mol. The minimum absolute atomic E-state index is 0. The largest absolute Gasteiger partial charge is 0.381 e. The first-order valence-corrected chi connectivity index (χ1v) is 5.60. The van der Waals surface area contributed by atoms with E-state index in [0.717, 1.165) is 25.5 Å². The Kier molecular flexibility index (Phi) is 4.45. The van der Waals surface area contributed by atoms with Crippen molar-refractivity contribution in [2.45, 2.75) is 32.4 Å². The van der Waals surface area contributed by atoms with E-state index in [-0.39, 0.29) is 29.4 Å². The Labute approximate surface area is 115 Å². The maximum absolute atomic E-state index is 5.43. The van der Waals surface area contributed by atoms with Crippen molar-refractivity contribution in [1.82, 2.24) is 10.2 Å². The highest BCUT2D eigenvalue weighted by atomic mass is 127. The number of methoxy groups -OCH3 is 1. The lowest BCUT2D eigenvalue weighted by molar-refractivity contribution is -0.0925. The molecule has 1 aliphatic heterocycles. The third kappa shape index (κ3) is 2.30. The van der Waals surface area contributed by atoms with Crippen molar-refractivity contribution in [3.05, 3.63) is 0 Å². The molecule has 1 aliphatic carbocycles. The molecule has 0 spiro atoms. The monoisotopic (exact) mass is 339 g/mol. The first-order valence-electron chi connectivity index (χ1n) is 5.60. The summed E-state index contributed by atoms with van der Waals surface area (Å²) >= 11 is 0. The van der Waals surface area contributed by atoms with Crippen LogP contribution in [0.15, 0.2) is 4.99 Å². The third-order valence-corrected chi connectivity index (χ3v) is 3.82. The van der Waals surface area contributed by atoms with Crippen LogP contribution >= 0.6 is 24.0 Å². The van der Waals surface area contributed by atoms with E-state index >= 15 is 0 Å². The van der Waals surface area contributed by atoms with Gasteiger partial charge in [0.2, 0.25) is 0 Å². The molecule has 2 atom stereocenters. The number of aliphatic imine (C=N–C) groups is 1. The van der Waals surface area contributed by atoms with Gasteiger partial charge in [0.25, 0.3) is 0 Å². The van der Waals surface area contributed by atoms with E-state index in [1.54, 1.807) is 7.11 Å². The Bertz CT molecular complexity index is 280. The molecule has 0 bridgehead atoms.